The van der Waals surface area contributed by atoms with Crippen molar-refractivity contribution in [1.82, 2.24) is 10.2 Å². The summed E-state index contributed by atoms with van der Waals surface area (Å²) in [5, 5.41) is 15.7. The summed E-state index contributed by atoms with van der Waals surface area (Å²) < 4.78 is 12.9. The van der Waals surface area contributed by atoms with Gasteiger partial charge in [-0.05, 0) is 46.9 Å². The van der Waals surface area contributed by atoms with Gasteiger partial charge in [0.15, 0.2) is 0 Å². The molecule has 2 N–H and O–H groups in total. The Kier molecular flexibility index (Phi) is 9.40. The van der Waals surface area contributed by atoms with Crippen LogP contribution in [0.2, 0.25) is 0 Å². The van der Waals surface area contributed by atoms with Crippen molar-refractivity contribution in [2.75, 3.05) is 24.7 Å². The Morgan fingerprint density at radius 1 is 0.960 bits per heavy atom. The Morgan fingerprint density at radius 3 is 2.44 bits per heavy atom. The van der Waals surface area contributed by atoms with Crippen LogP contribution in [0.1, 0.15) is 38.3 Å². The number of ether oxygens (including phenoxy) is 2. The fourth-order valence-corrected chi connectivity index (χ4v) is 8.69. The molecule has 0 aromatic heterocycles. The normalized spacial score (nSPS) is 29.9. The van der Waals surface area contributed by atoms with E-state index in [1.807, 2.05) is 98.8 Å². The second kappa shape index (κ2) is 13.8. The molecule has 3 amide bonds. The first-order valence-electron chi connectivity index (χ1n) is 17.1. The number of benzene rings is 3. The molecular formula is C39H40BrN3O7. The number of aliphatic hydroxyl groups is 1. The number of esters is 1. The van der Waals surface area contributed by atoms with Crippen LogP contribution in [0.15, 0.2) is 95.5 Å². The smallest absolute Gasteiger partial charge is 0.306 e. The van der Waals surface area contributed by atoms with E-state index < -0.39 is 65.4 Å². The number of nitrogens with one attached hydrogen (secondary N) is 1. The Bertz CT molecular complexity index is 1880. The summed E-state index contributed by atoms with van der Waals surface area (Å²) in [4.78, 5) is 60.4. The molecule has 260 valence electrons. The first kappa shape index (κ1) is 34.1. The number of hydrogen-bond acceptors (Lipinski definition) is 7. The lowest BCUT2D eigenvalue weighted by molar-refractivity contribution is -0.147. The van der Waals surface area contributed by atoms with E-state index in [1.54, 1.807) is 11.0 Å². The van der Waals surface area contributed by atoms with Crippen LogP contribution in [0.3, 0.4) is 0 Å². The van der Waals surface area contributed by atoms with Crippen LogP contribution < -0.4 is 10.2 Å². The number of likely N-dealkylation sites (tertiary alicyclic amines) is 1. The zero-order valence-electron chi connectivity index (χ0n) is 27.9. The van der Waals surface area contributed by atoms with E-state index in [0.717, 1.165) is 16.3 Å². The highest BCUT2D eigenvalue weighted by atomic mass is 79.9. The lowest BCUT2D eigenvalue weighted by Gasteiger charge is -2.40. The Labute approximate surface area is 299 Å². The van der Waals surface area contributed by atoms with Gasteiger partial charge in [-0.1, -0.05) is 103 Å². The monoisotopic (exact) mass is 741 g/mol. The highest BCUT2D eigenvalue weighted by Gasteiger charge is 2.75. The fraction of sp³-hybridized carbons (Fsp3) is 0.385. The van der Waals surface area contributed by atoms with Gasteiger partial charge in [0.1, 0.15) is 24.4 Å². The van der Waals surface area contributed by atoms with E-state index in [9.17, 15) is 19.5 Å². The first-order chi connectivity index (χ1) is 24.1. The number of fused-ring (bicyclic) bond motifs is 3. The number of allylic oxidation sites excluding steroid dienone is 1. The minimum absolute atomic E-state index is 0.0970. The molecule has 2 saturated heterocycles. The third-order valence-electron chi connectivity index (χ3n) is 10.4. The Hall–Kier alpha value is -4.32. The van der Waals surface area contributed by atoms with Gasteiger partial charge in [0.2, 0.25) is 11.8 Å². The van der Waals surface area contributed by atoms with Gasteiger partial charge in [0.05, 0.1) is 30.5 Å². The van der Waals surface area contributed by atoms with Crippen LogP contribution in [0.4, 0.5) is 5.69 Å². The molecule has 10 nitrogen and oxygen atoms in total. The van der Waals surface area contributed by atoms with Crippen LogP contribution in [-0.4, -0.2) is 77.2 Å². The largest absolute Gasteiger partial charge is 0.463 e. The number of amides is 3. The number of rotatable bonds is 5. The van der Waals surface area contributed by atoms with Gasteiger partial charge < -0.3 is 29.7 Å². The predicted molar refractivity (Wildman–Crippen MR) is 191 cm³/mol. The van der Waals surface area contributed by atoms with E-state index >= 15 is 4.79 Å². The van der Waals surface area contributed by atoms with Gasteiger partial charge >= 0.3 is 5.97 Å². The maximum atomic E-state index is 15.3. The first-order valence-corrected chi connectivity index (χ1v) is 17.9. The standard InChI is InChI=1S/C39H40BrN3O7/c1-23(2)30(21-44)43-35-38(48)42(27-17-16-24-11-8-9-14-26(24)19-27)18-10-4-7-15-31(45)49-22-29(25-12-5-3-6-13-25)41-36(46)32-33(37(43)47)39(35)20-28(40)34(32)50-39/h3-6,8-14,16-17,19-20,23,29-30,32-35,44H,7,15,18,21-22H2,1-2H3,(H,41,46)/b10-4-/t29-,30-,32-,33+,34-,35-,39+/m0/s1. The molecular weight excluding hydrogens is 702 g/mol. The Morgan fingerprint density at radius 2 is 1.70 bits per heavy atom. The van der Waals surface area contributed by atoms with Gasteiger partial charge in [-0.3, -0.25) is 19.2 Å². The van der Waals surface area contributed by atoms with Gasteiger partial charge in [0, 0.05) is 23.1 Å². The summed E-state index contributed by atoms with van der Waals surface area (Å²) in [7, 11) is 0. The minimum atomic E-state index is -1.48. The van der Waals surface area contributed by atoms with Crippen molar-refractivity contribution in [3.8, 4) is 0 Å². The third-order valence-corrected chi connectivity index (χ3v) is 11.1. The van der Waals surface area contributed by atoms with Crippen LogP contribution >= 0.6 is 15.9 Å². The van der Waals surface area contributed by atoms with E-state index in [2.05, 4.69) is 21.2 Å². The number of anilines is 1. The predicted octanol–water partition coefficient (Wildman–Crippen LogP) is 4.81. The number of halogens is 1. The molecule has 5 bridgehead atoms. The van der Waals surface area contributed by atoms with Crippen LogP contribution in [0.25, 0.3) is 10.8 Å². The molecule has 4 aliphatic heterocycles. The van der Waals surface area contributed by atoms with Gasteiger partial charge in [-0.15, -0.1) is 0 Å². The summed E-state index contributed by atoms with van der Waals surface area (Å²) >= 11 is 3.63. The molecule has 0 unspecified atom stereocenters. The summed E-state index contributed by atoms with van der Waals surface area (Å²) in [5.74, 6) is -3.95. The summed E-state index contributed by atoms with van der Waals surface area (Å²) in [6.07, 6.45) is 5.13. The lowest BCUT2D eigenvalue weighted by Crippen LogP contribution is -2.59. The van der Waals surface area contributed by atoms with E-state index in [-0.39, 0.29) is 32.1 Å². The molecule has 2 fully saturated rings. The zero-order chi connectivity index (χ0) is 35.2. The fourth-order valence-electron chi connectivity index (χ4n) is 7.95. The summed E-state index contributed by atoms with van der Waals surface area (Å²) in [6, 6.07) is 20.2. The molecule has 3 aromatic carbocycles. The van der Waals surface area contributed by atoms with Crippen LogP contribution in [-0.2, 0) is 28.7 Å². The Balaban J connectivity index is 1.37. The molecule has 4 aliphatic rings. The maximum absolute atomic E-state index is 15.3. The topological polar surface area (TPSA) is 125 Å². The van der Waals surface area contributed by atoms with Crippen molar-refractivity contribution >= 4 is 56.1 Å². The van der Waals surface area contributed by atoms with Crippen molar-refractivity contribution in [1.29, 1.82) is 0 Å². The highest BCUT2D eigenvalue weighted by Crippen LogP contribution is 2.59. The number of carbonyl (C=O) groups excluding carboxylic acids is 4. The van der Waals surface area contributed by atoms with Crippen molar-refractivity contribution in [2.24, 2.45) is 17.8 Å². The van der Waals surface area contributed by atoms with Gasteiger partial charge in [-0.2, -0.15) is 0 Å². The molecule has 11 heteroatoms. The molecule has 3 aromatic rings. The van der Waals surface area contributed by atoms with Crippen molar-refractivity contribution in [3.63, 3.8) is 0 Å². The minimum Gasteiger partial charge on any atom is -0.463 e. The summed E-state index contributed by atoms with van der Waals surface area (Å²) in [5.41, 5.74) is -0.134. The second-order valence-electron chi connectivity index (χ2n) is 13.7. The van der Waals surface area contributed by atoms with E-state index in [1.165, 1.54) is 4.90 Å². The van der Waals surface area contributed by atoms with Gasteiger partial charge in [0.25, 0.3) is 5.91 Å². The molecule has 4 heterocycles. The van der Waals surface area contributed by atoms with Gasteiger partial charge in [-0.25, -0.2) is 0 Å². The van der Waals surface area contributed by atoms with E-state index in [4.69, 9.17) is 9.47 Å². The molecule has 0 radical (unpaired) electrons. The second-order valence-corrected chi connectivity index (χ2v) is 14.6. The SMILES string of the molecule is CC(C)[C@H](CO)N1C(=O)[C@H]2[C@@H]3C(=O)N[C@H](c4ccccc4)COC(=O)CC/C=C\CN(c4ccc5ccccc5c4)C(=O)[C@H]1[C@@]21C=C(Br)[C@@H]3O1. The quantitative estimate of drug-likeness (QED) is 0.284. The van der Waals surface area contributed by atoms with Crippen molar-refractivity contribution in [3.05, 3.63) is 101 Å². The van der Waals surface area contributed by atoms with E-state index in [0.29, 0.717) is 16.6 Å². The number of nitrogens with zero attached hydrogens (tertiary/aromatic N) is 2. The molecule has 0 aliphatic carbocycles. The van der Waals surface area contributed by atoms with Crippen LogP contribution in [0.5, 0.6) is 0 Å². The molecule has 7 atom stereocenters. The molecule has 1 spiro atoms. The lowest BCUT2D eigenvalue weighted by atomic mass is 9.74. The number of carbonyl (C=O) groups is 4. The zero-order valence-corrected chi connectivity index (χ0v) is 29.5. The molecule has 7 rings (SSSR count). The molecule has 50 heavy (non-hydrogen) atoms. The summed E-state index contributed by atoms with van der Waals surface area (Å²) in [6.45, 7) is 3.46. The molecule has 0 saturated carbocycles. The average molecular weight is 743 g/mol. The van der Waals surface area contributed by atoms with Crippen molar-refractivity contribution < 1.29 is 33.8 Å². The third kappa shape index (κ3) is 5.84. The van der Waals surface area contributed by atoms with Crippen molar-refractivity contribution in [2.45, 2.75) is 56.5 Å². The number of cyclic esters (lactones) is 1. The maximum Gasteiger partial charge on any atom is 0.306 e. The number of hydrogen-bond donors (Lipinski definition) is 2. The number of aliphatic hydroxyl groups excluding tert-OH is 1. The average Bonchev–Trinajstić information content (AvgIpc) is 3.71. The highest BCUT2D eigenvalue weighted by molar-refractivity contribution is 9.11. The van der Waals surface area contributed by atoms with Crippen LogP contribution in [0, 0.1) is 17.8 Å².